The van der Waals surface area contributed by atoms with Crippen molar-refractivity contribution in [3.63, 3.8) is 0 Å². The average Bonchev–Trinajstić information content (AvgIpc) is 2.55. The lowest BCUT2D eigenvalue weighted by molar-refractivity contribution is 0.435. The monoisotopic (exact) mass is 338 g/mol. The zero-order valence-electron chi connectivity index (χ0n) is 15.0. The largest absolute Gasteiger partial charge is 0.509 e. The molecule has 0 aromatic heterocycles. The molecule has 0 fully saturated rings. The molecule has 0 aliphatic rings. The van der Waals surface area contributed by atoms with Crippen LogP contribution in [-0.2, 0) is 5.41 Å². The van der Waals surface area contributed by atoms with Gasteiger partial charge in [-0.1, -0.05) is 49.6 Å². The van der Waals surface area contributed by atoms with E-state index in [1.54, 1.807) is 24.3 Å². The second-order valence-corrected chi connectivity index (χ2v) is 5.81. The third-order valence-electron chi connectivity index (χ3n) is 4.13. The lowest BCUT2D eigenvalue weighted by Crippen LogP contribution is -2.26. The summed E-state index contributed by atoms with van der Waals surface area (Å²) in [7, 11) is 0. The minimum Gasteiger partial charge on any atom is -0.509 e. The first kappa shape index (κ1) is 20.1. The van der Waals surface area contributed by atoms with Crippen LogP contribution in [0.4, 0.5) is 0 Å². The van der Waals surface area contributed by atoms with Gasteiger partial charge in [-0.3, -0.25) is 0 Å². The van der Waals surface area contributed by atoms with Gasteiger partial charge < -0.3 is 15.3 Å². The average molecular weight is 338 g/mol. The molecule has 0 radical (unpaired) electrons. The van der Waals surface area contributed by atoms with Gasteiger partial charge in [-0.05, 0) is 61.8 Å². The quantitative estimate of drug-likeness (QED) is 0.435. The van der Waals surface area contributed by atoms with Gasteiger partial charge in [0.05, 0.1) is 0 Å². The number of benzene rings is 1. The summed E-state index contributed by atoms with van der Waals surface area (Å²) < 4.78 is 0. The van der Waals surface area contributed by atoms with E-state index >= 15 is 0 Å². The smallest absolute Gasteiger partial charge is 0.115 e. The van der Waals surface area contributed by atoms with E-state index in [1.807, 2.05) is 45.1 Å². The van der Waals surface area contributed by atoms with E-state index in [-0.39, 0.29) is 17.3 Å². The fourth-order valence-electron chi connectivity index (χ4n) is 2.77. The Balaban J connectivity index is 3.62. The Morgan fingerprint density at radius 3 is 1.56 bits per heavy atom. The van der Waals surface area contributed by atoms with E-state index in [4.69, 9.17) is 0 Å². The topological polar surface area (TPSA) is 60.7 Å². The third kappa shape index (κ3) is 5.01. The minimum absolute atomic E-state index is 0.0336. The maximum atomic E-state index is 9.62. The second kappa shape index (κ2) is 8.78. The number of allylic oxidation sites excluding steroid dienone is 8. The highest BCUT2D eigenvalue weighted by Crippen LogP contribution is 2.41. The molecule has 0 heterocycles. The molecule has 3 heteroatoms. The van der Waals surface area contributed by atoms with Crippen LogP contribution in [0.5, 0.6) is 5.75 Å². The van der Waals surface area contributed by atoms with Crippen molar-refractivity contribution in [3.8, 4) is 5.75 Å². The number of phenols is 1. The van der Waals surface area contributed by atoms with E-state index in [9.17, 15) is 15.3 Å². The van der Waals surface area contributed by atoms with Crippen molar-refractivity contribution in [1.82, 2.24) is 0 Å². The van der Waals surface area contributed by atoms with Crippen molar-refractivity contribution in [1.29, 1.82) is 0 Å². The van der Waals surface area contributed by atoms with Gasteiger partial charge in [-0.15, -0.1) is 0 Å². The lowest BCUT2D eigenvalue weighted by Gasteiger charge is -2.34. The fraction of sp³-hybridized carbons (Fsp3) is 0.182. The Labute approximate surface area is 150 Å². The van der Waals surface area contributed by atoms with Crippen LogP contribution in [0.25, 0.3) is 0 Å². The van der Waals surface area contributed by atoms with Crippen LogP contribution >= 0.6 is 0 Å². The second-order valence-electron chi connectivity index (χ2n) is 5.81. The molecule has 1 aromatic rings. The number of aliphatic hydroxyl groups is 2. The lowest BCUT2D eigenvalue weighted by atomic mass is 9.69. The van der Waals surface area contributed by atoms with Gasteiger partial charge in [0.2, 0.25) is 0 Å². The van der Waals surface area contributed by atoms with Crippen LogP contribution in [0.3, 0.4) is 0 Å². The Hall–Kier alpha value is -2.94. The van der Waals surface area contributed by atoms with Crippen molar-refractivity contribution in [2.75, 3.05) is 0 Å². The summed E-state index contributed by atoms with van der Waals surface area (Å²) in [6.45, 7) is 12.8. The predicted molar refractivity (Wildman–Crippen MR) is 105 cm³/mol. The van der Waals surface area contributed by atoms with E-state index in [2.05, 4.69) is 13.2 Å². The number of hydrogen-bond donors (Lipinski definition) is 3. The maximum absolute atomic E-state index is 9.62. The first-order valence-corrected chi connectivity index (χ1v) is 8.00. The molecular formula is C22H26O3. The van der Waals surface area contributed by atoms with Gasteiger partial charge >= 0.3 is 0 Å². The zero-order valence-corrected chi connectivity index (χ0v) is 15.0. The van der Waals surface area contributed by atoms with Crippen molar-refractivity contribution in [3.05, 3.63) is 102 Å². The molecule has 0 unspecified atom stereocenters. The third-order valence-corrected chi connectivity index (χ3v) is 4.13. The molecule has 25 heavy (non-hydrogen) atoms. The molecule has 1 rings (SSSR count). The molecule has 0 amide bonds. The molecule has 0 aliphatic heterocycles. The highest BCUT2D eigenvalue weighted by atomic mass is 16.3. The highest BCUT2D eigenvalue weighted by Gasteiger charge is 2.32. The molecule has 0 aliphatic carbocycles. The number of phenolic OH excluding ortho intramolecular Hbond substituents is 1. The Bertz CT molecular complexity index is 704. The van der Waals surface area contributed by atoms with Gasteiger partial charge in [0.1, 0.15) is 17.3 Å². The summed E-state index contributed by atoms with van der Waals surface area (Å²) in [6.07, 6.45) is 10.6. The number of hydrogen-bond acceptors (Lipinski definition) is 3. The summed E-state index contributed by atoms with van der Waals surface area (Å²) in [4.78, 5) is 0. The van der Waals surface area contributed by atoms with Crippen LogP contribution in [0.2, 0.25) is 0 Å². The van der Waals surface area contributed by atoms with Crippen molar-refractivity contribution in [2.45, 2.75) is 26.2 Å². The van der Waals surface area contributed by atoms with Crippen LogP contribution in [-0.4, -0.2) is 15.3 Å². The Morgan fingerprint density at radius 1 is 0.840 bits per heavy atom. The normalized spacial score (nSPS) is 15.5. The molecule has 0 atom stereocenters. The molecule has 1 aromatic carbocycles. The van der Waals surface area contributed by atoms with Crippen LogP contribution in [0.1, 0.15) is 26.3 Å². The van der Waals surface area contributed by atoms with Gasteiger partial charge in [0, 0.05) is 5.41 Å². The summed E-state index contributed by atoms with van der Waals surface area (Å²) in [6, 6.07) is 6.98. The Morgan fingerprint density at radius 2 is 1.24 bits per heavy atom. The SMILES string of the molecule is C=C(O)/C=C\C(=C/C)C(C)(C(/C=C\C(=C)O)=C/C)c1ccc(O)cc1. The van der Waals surface area contributed by atoms with Crippen LogP contribution in [0, 0.1) is 0 Å². The first-order valence-electron chi connectivity index (χ1n) is 8.00. The van der Waals surface area contributed by atoms with Gasteiger partial charge in [-0.25, -0.2) is 0 Å². The summed E-state index contributed by atoms with van der Waals surface area (Å²) >= 11 is 0. The van der Waals surface area contributed by atoms with E-state index < -0.39 is 5.41 Å². The highest BCUT2D eigenvalue weighted by molar-refractivity contribution is 5.54. The molecule has 0 saturated heterocycles. The van der Waals surface area contributed by atoms with Gasteiger partial charge in [-0.2, -0.15) is 0 Å². The minimum atomic E-state index is -0.574. The number of aliphatic hydroxyl groups excluding tert-OH is 2. The van der Waals surface area contributed by atoms with E-state index in [0.29, 0.717) is 0 Å². The van der Waals surface area contributed by atoms with Crippen molar-refractivity contribution in [2.24, 2.45) is 0 Å². The summed E-state index contributed by atoms with van der Waals surface area (Å²) in [5.74, 6) is 0.121. The van der Waals surface area contributed by atoms with Gasteiger partial charge in [0.15, 0.2) is 0 Å². The number of aromatic hydroxyl groups is 1. The summed E-state index contributed by atoms with van der Waals surface area (Å²) in [5.41, 5.74) is 2.23. The number of rotatable bonds is 7. The molecule has 0 saturated carbocycles. The first-order chi connectivity index (χ1) is 11.7. The Kier molecular flexibility index (Phi) is 7.06. The van der Waals surface area contributed by atoms with Crippen LogP contribution < -0.4 is 0 Å². The molecule has 3 N–H and O–H groups in total. The van der Waals surface area contributed by atoms with E-state index in [0.717, 1.165) is 16.7 Å². The maximum Gasteiger partial charge on any atom is 0.115 e. The molecule has 0 bridgehead atoms. The summed E-state index contributed by atoms with van der Waals surface area (Å²) in [5, 5.41) is 28.5. The van der Waals surface area contributed by atoms with Crippen molar-refractivity contribution < 1.29 is 15.3 Å². The zero-order chi connectivity index (χ0) is 19.0. The van der Waals surface area contributed by atoms with E-state index in [1.165, 1.54) is 12.2 Å². The van der Waals surface area contributed by atoms with Crippen molar-refractivity contribution >= 4 is 0 Å². The molecule has 132 valence electrons. The molecule has 3 nitrogen and oxygen atoms in total. The predicted octanol–water partition coefficient (Wildman–Crippen LogP) is 5.80. The van der Waals surface area contributed by atoms with Crippen LogP contribution in [0.15, 0.2) is 96.5 Å². The fourth-order valence-corrected chi connectivity index (χ4v) is 2.77. The standard InChI is InChI=1S/C22H26O3/c1-6-18(10-8-16(3)23)22(5,19(7-2)11-9-17(4)24)20-12-14-21(25)15-13-20/h6-15,23-25H,3-4H2,1-2,5H3/b10-8-,11-9-,18-6+,19-7+. The molecule has 0 spiro atoms. The van der Waals surface area contributed by atoms with Gasteiger partial charge in [0.25, 0.3) is 0 Å². The molecular weight excluding hydrogens is 312 g/mol.